The molecule has 1 aliphatic heterocycles. The van der Waals surface area contributed by atoms with E-state index in [2.05, 4.69) is 20.4 Å². The smallest absolute Gasteiger partial charge is 0.248 e. The molecule has 2 heterocycles. The van der Waals surface area contributed by atoms with Crippen molar-refractivity contribution in [3.63, 3.8) is 0 Å². The third-order valence-corrected chi connectivity index (χ3v) is 4.43. The van der Waals surface area contributed by atoms with Crippen LogP contribution in [0.2, 0.25) is 5.02 Å². The van der Waals surface area contributed by atoms with Crippen molar-refractivity contribution in [3.05, 3.63) is 46.6 Å². The maximum atomic E-state index is 12.6. The van der Waals surface area contributed by atoms with E-state index in [0.717, 1.165) is 5.56 Å². The predicted molar refractivity (Wildman–Crippen MR) is 102 cm³/mol. The summed E-state index contributed by atoms with van der Waals surface area (Å²) < 4.78 is 5.09. The molecule has 1 aliphatic rings. The molecule has 1 amide bonds. The van der Waals surface area contributed by atoms with Crippen molar-refractivity contribution in [2.75, 3.05) is 26.2 Å². The first-order valence-electron chi connectivity index (χ1n) is 8.90. The third kappa shape index (κ3) is 5.19. The molecule has 27 heavy (non-hydrogen) atoms. The van der Waals surface area contributed by atoms with Crippen molar-refractivity contribution >= 4 is 23.5 Å². The lowest BCUT2D eigenvalue weighted by molar-refractivity contribution is -0.135. The fourth-order valence-corrected chi connectivity index (χ4v) is 2.97. The number of nitrogens with zero attached hydrogens (tertiary/aromatic N) is 5. The molecule has 144 valence electrons. The molecule has 1 aromatic heterocycles. The standard InChI is InChI=1S/C18H23ClN6O2/c1-3-20-18(21-10-16-22-13(2)23-27-16)25-9-8-24(17(26)12-25)11-14-4-6-15(19)7-5-14/h4-7H,3,8-12H2,1-2H3,(H,20,21). The first kappa shape index (κ1) is 19.2. The zero-order valence-electron chi connectivity index (χ0n) is 15.5. The monoisotopic (exact) mass is 390 g/mol. The number of guanidine groups is 1. The van der Waals surface area contributed by atoms with Crippen LogP contribution in [0.5, 0.6) is 0 Å². The molecule has 0 saturated carbocycles. The number of benzene rings is 1. The number of amides is 1. The summed E-state index contributed by atoms with van der Waals surface area (Å²) in [5, 5.41) is 7.68. The van der Waals surface area contributed by atoms with Crippen LogP contribution < -0.4 is 5.32 Å². The lowest BCUT2D eigenvalue weighted by atomic mass is 10.2. The Balaban J connectivity index is 1.61. The number of rotatable bonds is 5. The number of nitrogens with one attached hydrogen (secondary N) is 1. The van der Waals surface area contributed by atoms with Gasteiger partial charge in [-0.15, -0.1) is 0 Å². The van der Waals surface area contributed by atoms with E-state index < -0.39 is 0 Å². The Bertz CT molecular complexity index is 804. The van der Waals surface area contributed by atoms with E-state index in [1.165, 1.54) is 0 Å². The van der Waals surface area contributed by atoms with Crippen molar-refractivity contribution in [1.29, 1.82) is 0 Å². The molecule has 0 radical (unpaired) electrons. The van der Waals surface area contributed by atoms with Gasteiger partial charge in [-0.3, -0.25) is 4.79 Å². The normalized spacial score (nSPS) is 15.4. The summed E-state index contributed by atoms with van der Waals surface area (Å²) in [5.41, 5.74) is 1.06. The van der Waals surface area contributed by atoms with Crippen LogP contribution in [0.15, 0.2) is 33.8 Å². The first-order chi connectivity index (χ1) is 13.0. The number of aryl methyl sites for hydroxylation is 1. The van der Waals surface area contributed by atoms with Gasteiger partial charge in [0.1, 0.15) is 6.54 Å². The molecule has 9 heteroatoms. The fraction of sp³-hybridized carbons (Fsp3) is 0.444. The molecule has 0 spiro atoms. The molecule has 1 aromatic carbocycles. The molecular formula is C18H23ClN6O2. The summed E-state index contributed by atoms with van der Waals surface area (Å²) in [7, 11) is 0. The van der Waals surface area contributed by atoms with Crippen molar-refractivity contribution in [1.82, 2.24) is 25.3 Å². The van der Waals surface area contributed by atoms with Crippen LogP contribution >= 0.6 is 11.6 Å². The van der Waals surface area contributed by atoms with Crippen molar-refractivity contribution < 1.29 is 9.32 Å². The summed E-state index contributed by atoms with van der Waals surface area (Å²) in [4.78, 5) is 25.1. The molecule has 3 rings (SSSR count). The van der Waals surface area contributed by atoms with E-state index in [4.69, 9.17) is 16.1 Å². The van der Waals surface area contributed by atoms with Gasteiger partial charge < -0.3 is 19.6 Å². The highest BCUT2D eigenvalue weighted by Crippen LogP contribution is 2.14. The number of piperazine rings is 1. The maximum absolute atomic E-state index is 12.6. The molecule has 1 saturated heterocycles. The number of halogens is 1. The molecule has 0 atom stereocenters. The van der Waals surface area contributed by atoms with Gasteiger partial charge in [0.25, 0.3) is 0 Å². The number of aliphatic imine (C=N–C) groups is 1. The summed E-state index contributed by atoms with van der Waals surface area (Å²) in [6.45, 7) is 6.94. The van der Waals surface area contributed by atoms with E-state index in [1.807, 2.05) is 41.0 Å². The van der Waals surface area contributed by atoms with Crippen LogP contribution in [0, 0.1) is 6.92 Å². The van der Waals surface area contributed by atoms with Gasteiger partial charge in [-0.1, -0.05) is 28.9 Å². The minimum atomic E-state index is 0.0652. The van der Waals surface area contributed by atoms with Gasteiger partial charge in [-0.2, -0.15) is 4.98 Å². The molecular weight excluding hydrogens is 368 g/mol. The van der Waals surface area contributed by atoms with E-state index in [-0.39, 0.29) is 19.0 Å². The minimum Gasteiger partial charge on any atom is -0.356 e. The van der Waals surface area contributed by atoms with Crippen molar-refractivity contribution in [2.45, 2.75) is 26.9 Å². The van der Waals surface area contributed by atoms with E-state index in [0.29, 0.717) is 48.9 Å². The summed E-state index contributed by atoms with van der Waals surface area (Å²) in [5.74, 6) is 1.77. The Morgan fingerprint density at radius 2 is 2.11 bits per heavy atom. The third-order valence-electron chi connectivity index (χ3n) is 4.17. The van der Waals surface area contributed by atoms with Crippen LogP contribution in [-0.2, 0) is 17.9 Å². The van der Waals surface area contributed by atoms with E-state index >= 15 is 0 Å². The van der Waals surface area contributed by atoms with E-state index in [1.54, 1.807) is 6.92 Å². The van der Waals surface area contributed by atoms with Crippen LogP contribution in [0.3, 0.4) is 0 Å². The fourth-order valence-electron chi connectivity index (χ4n) is 2.84. The summed E-state index contributed by atoms with van der Waals surface area (Å²) in [6.07, 6.45) is 0. The largest absolute Gasteiger partial charge is 0.356 e. The SMILES string of the molecule is CCNC(=NCc1nc(C)no1)N1CCN(Cc2ccc(Cl)cc2)C(=O)C1. The van der Waals surface area contributed by atoms with Gasteiger partial charge in [0, 0.05) is 31.2 Å². The van der Waals surface area contributed by atoms with E-state index in [9.17, 15) is 4.79 Å². The second kappa shape index (κ2) is 8.85. The number of aromatic nitrogens is 2. The van der Waals surface area contributed by atoms with Crippen molar-refractivity contribution in [3.8, 4) is 0 Å². The van der Waals surface area contributed by atoms with Gasteiger partial charge in [0.2, 0.25) is 11.8 Å². The summed E-state index contributed by atoms with van der Waals surface area (Å²) in [6, 6.07) is 7.57. The molecule has 0 aliphatic carbocycles. The number of hydrogen-bond acceptors (Lipinski definition) is 5. The molecule has 0 bridgehead atoms. The maximum Gasteiger partial charge on any atom is 0.248 e. The van der Waals surface area contributed by atoms with Gasteiger partial charge in [-0.05, 0) is 31.5 Å². The molecule has 1 N–H and O–H groups in total. The van der Waals surface area contributed by atoms with Crippen LogP contribution in [-0.4, -0.2) is 58.0 Å². The highest BCUT2D eigenvalue weighted by molar-refractivity contribution is 6.30. The summed E-state index contributed by atoms with van der Waals surface area (Å²) >= 11 is 5.92. The Hall–Kier alpha value is -2.61. The second-order valence-corrected chi connectivity index (χ2v) is 6.71. The number of carbonyl (C=O) groups is 1. The average Bonchev–Trinajstić information content (AvgIpc) is 3.07. The highest BCUT2D eigenvalue weighted by Gasteiger charge is 2.26. The zero-order valence-corrected chi connectivity index (χ0v) is 16.2. The minimum absolute atomic E-state index is 0.0652. The Morgan fingerprint density at radius 1 is 1.33 bits per heavy atom. The van der Waals surface area contributed by atoms with Crippen LogP contribution in [0.1, 0.15) is 24.2 Å². The Labute approximate surface area is 163 Å². The second-order valence-electron chi connectivity index (χ2n) is 6.27. The molecule has 2 aromatic rings. The number of carbonyl (C=O) groups excluding carboxylic acids is 1. The van der Waals surface area contributed by atoms with Gasteiger partial charge in [-0.25, -0.2) is 4.99 Å². The van der Waals surface area contributed by atoms with Crippen LogP contribution in [0.4, 0.5) is 0 Å². The van der Waals surface area contributed by atoms with Crippen LogP contribution in [0.25, 0.3) is 0 Å². The molecule has 1 fully saturated rings. The number of hydrogen-bond donors (Lipinski definition) is 1. The van der Waals surface area contributed by atoms with Gasteiger partial charge >= 0.3 is 0 Å². The quantitative estimate of drug-likeness (QED) is 0.619. The Kier molecular flexibility index (Phi) is 6.28. The average molecular weight is 391 g/mol. The topological polar surface area (TPSA) is 86.9 Å². The van der Waals surface area contributed by atoms with Crippen molar-refractivity contribution in [2.24, 2.45) is 4.99 Å². The molecule has 0 unspecified atom stereocenters. The first-order valence-corrected chi connectivity index (χ1v) is 9.27. The van der Waals surface area contributed by atoms with Gasteiger partial charge in [0.05, 0.1) is 6.54 Å². The lowest BCUT2D eigenvalue weighted by Gasteiger charge is -2.36. The highest BCUT2D eigenvalue weighted by atomic mass is 35.5. The zero-order chi connectivity index (χ0) is 19.2. The predicted octanol–water partition coefficient (Wildman–Crippen LogP) is 1.84. The van der Waals surface area contributed by atoms with Gasteiger partial charge in [0.15, 0.2) is 11.8 Å². The Morgan fingerprint density at radius 3 is 2.74 bits per heavy atom. The molecule has 8 nitrogen and oxygen atoms in total. The lowest BCUT2D eigenvalue weighted by Crippen LogP contribution is -2.54.